The van der Waals surface area contributed by atoms with Crippen molar-refractivity contribution in [2.75, 3.05) is 14.2 Å². The molecule has 4 heterocycles. The van der Waals surface area contributed by atoms with E-state index in [2.05, 4.69) is 31.7 Å². The Labute approximate surface area is 374 Å². The first-order chi connectivity index (χ1) is 31.7. The van der Waals surface area contributed by atoms with Crippen molar-refractivity contribution in [3.63, 3.8) is 0 Å². The van der Waals surface area contributed by atoms with Gasteiger partial charge in [-0.2, -0.15) is 0 Å². The Balaban J connectivity index is 0.813. The Bertz CT molecular complexity index is 2850. The number of nitrogens with one attached hydrogen (secondary N) is 4. The maximum atomic E-state index is 16.1. The number of piperidine rings is 2. The zero-order chi connectivity index (χ0) is 44.5. The van der Waals surface area contributed by atoms with Crippen LogP contribution in [-0.4, -0.2) is 80.0 Å². The van der Waals surface area contributed by atoms with Gasteiger partial charge >= 0.3 is 12.2 Å². The van der Waals surface area contributed by atoms with E-state index in [0.29, 0.717) is 40.0 Å². The molecule has 8 atom stereocenters. The predicted molar refractivity (Wildman–Crippen MR) is 236 cm³/mol. The van der Waals surface area contributed by atoms with Crippen molar-refractivity contribution in [3.05, 3.63) is 143 Å². The van der Waals surface area contributed by atoms with Crippen LogP contribution < -0.4 is 10.6 Å². The van der Waals surface area contributed by atoms with Crippen LogP contribution in [0.4, 0.5) is 14.0 Å². The normalized spacial score (nSPS) is 23.0. The number of rotatable bonds is 10. The van der Waals surface area contributed by atoms with E-state index in [4.69, 9.17) is 14.5 Å². The number of aromatic amines is 2. The number of carbonyl (C=O) groups excluding carboxylic acids is 4. The van der Waals surface area contributed by atoms with Gasteiger partial charge in [-0.1, -0.05) is 84.9 Å². The summed E-state index contributed by atoms with van der Waals surface area (Å²) in [6.07, 6.45) is 5.06. The molecule has 4 fully saturated rings. The Morgan fingerprint density at radius 2 is 1.23 bits per heavy atom. The maximum absolute atomic E-state index is 16.1. The average molecular weight is 875 g/mol. The Hall–Kier alpha value is -7.29. The number of halogens is 1. The van der Waals surface area contributed by atoms with Gasteiger partial charge in [0.2, 0.25) is 0 Å². The van der Waals surface area contributed by atoms with Gasteiger partial charge in [0, 0.05) is 28.9 Å². The number of likely N-dealkylation sites (tertiary alicyclic amines) is 2. The third-order valence-electron chi connectivity index (χ3n) is 14.0. The fraction of sp³-hybridized carbons (Fsp3) is 0.320. The Morgan fingerprint density at radius 1 is 0.677 bits per heavy atom. The van der Waals surface area contributed by atoms with E-state index in [1.54, 1.807) is 24.4 Å². The van der Waals surface area contributed by atoms with Gasteiger partial charge in [-0.25, -0.2) is 23.9 Å². The minimum atomic E-state index is -0.935. The van der Waals surface area contributed by atoms with Gasteiger partial charge in [0.15, 0.2) is 0 Å². The lowest BCUT2D eigenvalue weighted by atomic mass is 9.89. The number of nitrogens with zero attached hydrogens (tertiary/aromatic N) is 4. The zero-order valence-corrected chi connectivity index (χ0v) is 35.8. The van der Waals surface area contributed by atoms with Crippen LogP contribution in [0.5, 0.6) is 0 Å². The van der Waals surface area contributed by atoms with Gasteiger partial charge in [-0.05, 0) is 90.3 Å². The molecule has 2 aliphatic heterocycles. The maximum Gasteiger partial charge on any atom is 0.407 e. The first-order valence-corrected chi connectivity index (χ1v) is 22.2. The third kappa shape index (κ3) is 7.28. The van der Waals surface area contributed by atoms with Crippen molar-refractivity contribution in [3.8, 4) is 33.6 Å². The van der Waals surface area contributed by atoms with Gasteiger partial charge in [0.1, 0.15) is 29.5 Å². The van der Waals surface area contributed by atoms with Crippen LogP contribution in [0.15, 0.2) is 103 Å². The molecule has 14 nitrogen and oxygen atoms in total. The number of methoxy groups -OCH3 is 2. The average Bonchev–Trinajstić information content (AvgIpc) is 3.95. The number of aryl methyl sites for hydroxylation is 2. The number of hydrogen-bond donors (Lipinski definition) is 4. The molecule has 0 radical (unpaired) electrons. The lowest BCUT2D eigenvalue weighted by Gasteiger charge is -2.30. The number of imidazole rings is 2. The fourth-order valence-corrected chi connectivity index (χ4v) is 10.6. The quantitative estimate of drug-likeness (QED) is 0.108. The summed E-state index contributed by atoms with van der Waals surface area (Å²) >= 11 is 0. The van der Waals surface area contributed by atoms with Crippen LogP contribution in [0, 0.1) is 17.7 Å². The topological polar surface area (TPSA) is 175 Å². The molecule has 2 aromatic heterocycles. The smallest absolute Gasteiger partial charge is 0.407 e. The summed E-state index contributed by atoms with van der Waals surface area (Å²) in [6.45, 7) is 0. The molecule has 3 aliphatic carbocycles. The van der Waals surface area contributed by atoms with E-state index in [-0.39, 0.29) is 36.0 Å². The molecule has 4 N–H and O–H groups in total. The third-order valence-corrected chi connectivity index (χ3v) is 14.0. The van der Waals surface area contributed by atoms with Crippen LogP contribution in [0.2, 0.25) is 0 Å². The highest BCUT2D eigenvalue weighted by molar-refractivity contribution is 5.89. The molecular weight excluding hydrogens is 828 g/mol. The van der Waals surface area contributed by atoms with Crippen molar-refractivity contribution in [1.29, 1.82) is 0 Å². The summed E-state index contributed by atoms with van der Waals surface area (Å²) < 4.78 is 25.9. The molecule has 330 valence electrons. The lowest BCUT2D eigenvalue weighted by Crippen LogP contribution is -2.44. The first kappa shape index (κ1) is 40.5. The van der Waals surface area contributed by atoms with Crippen molar-refractivity contribution in [2.24, 2.45) is 11.8 Å². The molecule has 0 unspecified atom stereocenters. The molecule has 2 saturated heterocycles. The summed E-state index contributed by atoms with van der Waals surface area (Å²) in [5.74, 6) is 1.19. The van der Waals surface area contributed by atoms with Gasteiger partial charge in [-0.15, -0.1) is 0 Å². The van der Waals surface area contributed by atoms with Crippen molar-refractivity contribution < 1.29 is 33.0 Å². The zero-order valence-electron chi connectivity index (χ0n) is 35.8. The molecule has 6 aromatic rings. The molecule has 4 aromatic carbocycles. The number of carbonyl (C=O) groups is 4. The minimum absolute atomic E-state index is 0.0382. The standard InChI is InChI=1S/C50H47FN8O6/c1-64-49(62)56-42(26-9-5-3-6-10-26)47(60)58-38-21-31(38)23-40(58)45-52-25-37(54-45)34-17-14-29(20-35(34)51)28-13-16-33-30(19-28)15-18-36-44(33)55-46(53-36)41-24-32-22-39(32)59(41)48(61)43(57-50(63)65-2)27-11-7-4-8-12-27/h3-14,16-17,19-20,25,31-32,38-43H,15,18,21-24H2,1-2H3,(H,52,54)(H,53,55)(H,56,62)(H,57,63)/t31-,32-,38-,39-,40+,41+,42-,43-/m1/s1. The SMILES string of the molecule is COC(=O)N[C@@H](C(=O)N1[C@@H]2C[C@@H]2C[C@H]1c1ncc(-c2ccc(-c3ccc4c(c3)CCc3[nH]c([C@@H]5C[C@H]6C[C@H]6N5C(=O)[C@H](NC(=O)OC)c5ccccc5)nc3-4)cc2F)[nH]1)c1ccccc1. The molecule has 0 spiro atoms. The molecule has 65 heavy (non-hydrogen) atoms. The summed E-state index contributed by atoms with van der Waals surface area (Å²) in [4.78, 5) is 73.7. The van der Waals surface area contributed by atoms with E-state index in [9.17, 15) is 19.2 Å². The lowest BCUT2D eigenvalue weighted by molar-refractivity contribution is -0.136. The minimum Gasteiger partial charge on any atom is -0.453 e. The van der Waals surface area contributed by atoms with Crippen molar-refractivity contribution in [1.82, 2.24) is 40.4 Å². The second kappa shape index (κ2) is 16.1. The Morgan fingerprint density at radius 3 is 1.80 bits per heavy atom. The van der Waals surface area contributed by atoms with E-state index < -0.39 is 30.1 Å². The summed E-state index contributed by atoms with van der Waals surface area (Å²) in [7, 11) is 2.55. The van der Waals surface area contributed by atoms with Crippen LogP contribution in [-0.2, 0) is 31.9 Å². The number of aromatic nitrogens is 4. The van der Waals surface area contributed by atoms with Crippen LogP contribution in [0.25, 0.3) is 33.6 Å². The molecule has 5 aliphatic rings. The molecular formula is C50H47FN8O6. The number of ether oxygens (including phenoxy) is 2. The van der Waals surface area contributed by atoms with Gasteiger partial charge in [-0.3, -0.25) is 9.59 Å². The molecule has 4 amide bonds. The number of fused-ring (bicyclic) bond motifs is 5. The highest BCUT2D eigenvalue weighted by Crippen LogP contribution is 2.55. The summed E-state index contributed by atoms with van der Waals surface area (Å²) in [6, 6.07) is 27.3. The number of H-pyrrole nitrogens is 2. The molecule has 11 rings (SSSR count). The summed E-state index contributed by atoms with van der Waals surface area (Å²) in [5.41, 5.74) is 7.80. The predicted octanol–water partition coefficient (Wildman–Crippen LogP) is 7.89. The van der Waals surface area contributed by atoms with E-state index >= 15 is 4.39 Å². The largest absolute Gasteiger partial charge is 0.453 e. The molecule has 15 heteroatoms. The van der Waals surface area contributed by atoms with Crippen molar-refractivity contribution >= 4 is 24.0 Å². The van der Waals surface area contributed by atoms with Gasteiger partial charge < -0.3 is 39.9 Å². The highest BCUT2D eigenvalue weighted by Gasteiger charge is 2.57. The number of alkyl carbamates (subject to hydrolysis) is 2. The summed E-state index contributed by atoms with van der Waals surface area (Å²) in [5, 5.41) is 5.48. The number of benzene rings is 4. The first-order valence-electron chi connectivity index (χ1n) is 22.2. The van der Waals surface area contributed by atoms with Crippen molar-refractivity contribution in [2.45, 2.75) is 74.8 Å². The van der Waals surface area contributed by atoms with E-state index in [0.717, 1.165) is 78.0 Å². The van der Waals surface area contributed by atoms with Crippen LogP contribution in [0.1, 0.15) is 83.9 Å². The second-order valence-electron chi connectivity index (χ2n) is 17.8. The number of amides is 4. The number of hydrogen-bond acceptors (Lipinski definition) is 8. The van der Waals surface area contributed by atoms with Gasteiger partial charge in [0.25, 0.3) is 11.8 Å². The van der Waals surface area contributed by atoms with E-state index in [1.807, 2.05) is 76.5 Å². The van der Waals surface area contributed by atoms with Crippen LogP contribution in [0.3, 0.4) is 0 Å². The van der Waals surface area contributed by atoms with Gasteiger partial charge in [0.05, 0.1) is 43.9 Å². The highest BCUT2D eigenvalue weighted by atomic mass is 19.1. The molecule has 0 bridgehead atoms. The second-order valence-corrected chi connectivity index (χ2v) is 17.8. The van der Waals surface area contributed by atoms with Crippen LogP contribution >= 0.6 is 0 Å². The fourth-order valence-electron chi connectivity index (χ4n) is 10.6. The Kier molecular flexibility index (Phi) is 10.00. The monoisotopic (exact) mass is 874 g/mol. The van der Waals surface area contributed by atoms with E-state index in [1.165, 1.54) is 20.3 Å². The molecule has 2 saturated carbocycles.